The number of hydrogen-bond acceptors (Lipinski definition) is 2. The predicted octanol–water partition coefficient (Wildman–Crippen LogP) is 1.06. The average Bonchev–Trinajstić information content (AvgIpc) is 1.63. The van der Waals surface area contributed by atoms with E-state index < -0.39 is 9.80 Å². The van der Waals surface area contributed by atoms with Crippen LogP contribution in [0, 0.1) is 0 Å². The molecule has 0 aromatic heterocycles. The van der Waals surface area contributed by atoms with E-state index in [1.54, 1.807) is 6.92 Å². The summed E-state index contributed by atoms with van der Waals surface area (Å²) in [4.78, 5) is 0. The Balaban J connectivity index is 3.90. The third-order valence-electron chi connectivity index (χ3n) is 0.808. The fraction of sp³-hybridized carbons (Fsp3) is 0.833. The van der Waals surface area contributed by atoms with Crippen LogP contribution < -0.4 is 0 Å². The van der Waals surface area contributed by atoms with E-state index in [0.717, 1.165) is 0 Å². The van der Waals surface area contributed by atoms with Crippen LogP contribution in [0.15, 0.2) is 0 Å². The summed E-state index contributed by atoms with van der Waals surface area (Å²) < 4.78 is 16.0. The predicted molar refractivity (Wildman–Crippen MR) is 42.0 cm³/mol. The second kappa shape index (κ2) is 3.22. The van der Waals surface area contributed by atoms with E-state index in [-0.39, 0.29) is 6.10 Å². The van der Waals surface area contributed by atoms with E-state index in [1.807, 2.05) is 13.8 Å². The van der Waals surface area contributed by atoms with Gasteiger partial charge < -0.3 is 0 Å². The summed E-state index contributed by atoms with van der Waals surface area (Å²) in [6, 6.07) is 0. The van der Waals surface area contributed by atoms with Gasteiger partial charge in [0.1, 0.15) is 0 Å². The van der Waals surface area contributed by atoms with Gasteiger partial charge in [0.2, 0.25) is 0 Å². The van der Waals surface area contributed by atoms with Crippen molar-refractivity contribution in [2.45, 2.75) is 26.9 Å². The van der Waals surface area contributed by atoms with Crippen molar-refractivity contribution in [1.29, 1.82) is 0 Å². The third-order valence-corrected chi connectivity index (χ3v) is 2.42. The molecule has 0 aromatic carbocycles. The maximum atomic E-state index is 11.0. The van der Waals surface area contributed by atoms with E-state index >= 15 is 0 Å². The molecule has 0 aliphatic heterocycles. The molecule has 0 N–H and O–H groups in total. The third kappa shape index (κ3) is 4.48. The van der Waals surface area contributed by atoms with Gasteiger partial charge in [0, 0.05) is 5.75 Å². The monoisotopic (exact) mass is 150 g/mol. The van der Waals surface area contributed by atoms with Crippen LogP contribution >= 0.6 is 0 Å². The standard InChI is InChI=1S/C6H14O2S/c1-5-9(4,7)8-6(2)3/h6H,4-5H2,1-3H3. The zero-order chi connectivity index (χ0) is 7.49. The minimum atomic E-state index is -2.22. The molecule has 0 radical (unpaired) electrons. The minimum absolute atomic E-state index is 0.00921. The van der Waals surface area contributed by atoms with E-state index in [2.05, 4.69) is 5.87 Å². The Kier molecular flexibility index (Phi) is 3.22. The van der Waals surface area contributed by atoms with Crippen molar-refractivity contribution < 1.29 is 8.39 Å². The molecule has 0 aliphatic carbocycles. The van der Waals surface area contributed by atoms with Gasteiger partial charge in [-0.05, 0) is 19.7 Å². The molecule has 0 heterocycles. The van der Waals surface area contributed by atoms with Crippen molar-refractivity contribution in [3.05, 3.63) is 0 Å². The molecule has 2 nitrogen and oxygen atoms in total. The van der Waals surface area contributed by atoms with Crippen molar-refractivity contribution in [2.75, 3.05) is 5.75 Å². The molecule has 1 atom stereocenters. The fourth-order valence-electron chi connectivity index (χ4n) is 0.419. The molecule has 0 fully saturated rings. The zero-order valence-electron chi connectivity index (χ0n) is 6.22. The first-order valence-corrected chi connectivity index (χ1v) is 4.83. The molecule has 0 amide bonds. The summed E-state index contributed by atoms with van der Waals surface area (Å²) in [6.45, 7) is 5.50. The molecule has 0 spiro atoms. The Hall–Kier alpha value is -0.0200. The smallest absolute Gasteiger partial charge is 0.0770 e. The van der Waals surface area contributed by atoms with Crippen LogP contribution in [-0.2, 0) is 14.0 Å². The first kappa shape index (κ1) is 8.98. The molecule has 3 heteroatoms. The summed E-state index contributed by atoms with van der Waals surface area (Å²) in [5, 5.41) is 0. The molecular formula is C6H14O2S. The molecule has 56 valence electrons. The minimum Gasteiger partial charge on any atom is -0.295 e. The van der Waals surface area contributed by atoms with Crippen LogP contribution in [-0.4, -0.2) is 21.9 Å². The van der Waals surface area contributed by atoms with Crippen LogP contribution in [0.3, 0.4) is 0 Å². The Morgan fingerprint density at radius 1 is 1.67 bits per heavy atom. The lowest BCUT2D eigenvalue weighted by molar-refractivity contribution is 0.268. The molecular weight excluding hydrogens is 136 g/mol. The van der Waals surface area contributed by atoms with Gasteiger partial charge in [-0.15, -0.1) is 0 Å². The van der Waals surface area contributed by atoms with E-state index in [1.165, 1.54) is 0 Å². The summed E-state index contributed by atoms with van der Waals surface area (Å²) in [5.74, 6) is 3.93. The highest BCUT2D eigenvalue weighted by Gasteiger charge is 2.01. The number of hydrogen-bond donors (Lipinski definition) is 0. The lowest BCUT2D eigenvalue weighted by Gasteiger charge is -2.09. The Morgan fingerprint density at radius 3 is 2.22 bits per heavy atom. The summed E-state index contributed by atoms with van der Waals surface area (Å²) in [6.07, 6.45) is 0.00921. The SMILES string of the molecule is C=S(=O)(CC)OC(C)C. The van der Waals surface area contributed by atoms with E-state index in [4.69, 9.17) is 4.18 Å². The highest BCUT2D eigenvalue weighted by Crippen LogP contribution is 1.97. The fourth-order valence-corrected chi connectivity index (χ4v) is 1.26. The number of rotatable bonds is 3. The molecule has 9 heavy (non-hydrogen) atoms. The van der Waals surface area contributed by atoms with Gasteiger partial charge >= 0.3 is 0 Å². The molecule has 0 aromatic rings. The molecule has 0 rings (SSSR count). The molecule has 0 saturated carbocycles. The maximum Gasteiger partial charge on any atom is 0.0770 e. The van der Waals surface area contributed by atoms with Crippen LogP contribution in [0.25, 0.3) is 0 Å². The summed E-state index contributed by atoms with van der Waals surface area (Å²) >= 11 is 0. The van der Waals surface area contributed by atoms with Gasteiger partial charge in [0.05, 0.1) is 15.9 Å². The lowest BCUT2D eigenvalue weighted by atomic mass is 10.5. The van der Waals surface area contributed by atoms with Crippen LogP contribution in [0.4, 0.5) is 0 Å². The van der Waals surface area contributed by atoms with Crippen molar-refractivity contribution >= 4 is 15.7 Å². The average molecular weight is 150 g/mol. The van der Waals surface area contributed by atoms with Crippen molar-refractivity contribution in [3.8, 4) is 0 Å². The molecule has 0 saturated heterocycles. The Labute approximate surface area is 57.4 Å². The Morgan fingerprint density at radius 2 is 2.11 bits per heavy atom. The molecule has 1 unspecified atom stereocenters. The first-order valence-electron chi connectivity index (χ1n) is 3.01. The second-order valence-corrected chi connectivity index (χ2v) is 4.43. The van der Waals surface area contributed by atoms with Gasteiger partial charge in [-0.3, -0.25) is 4.18 Å². The van der Waals surface area contributed by atoms with Gasteiger partial charge in [-0.1, -0.05) is 6.92 Å². The lowest BCUT2D eigenvalue weighted by Crippen LogP contribution is -2.13. The maximum absolute atomic E-state index is 11.0. The molecule has 0 bridgehead atoms. The highest BCUT2D eigenvalue weighted by atomic mass is 32.2. The van der Waals surface area contributed by atoms with Gasteiger partial charge in [0.25, 0.3) is 0 Å². The van der Waals surface area contributed by atoms with Crippen LogP contribution in [0.2, 0.25) is 0 Å². The second-order valence-electron chi connectivity index (χ2n) is 2.18. The first-order chi connectivity index (χ1) is 3.98. The largest absolute Gasteiger partial charge is 0.295 e. The van der Waals surface area contributed by atoms with Crippen LogP contribution in [0.5, 0.6) is 0 Å². The normalized spacial score (nSPS) is 17.8. The van der Waals surface area contributed by atoms with Crippen LogP contribution in [0.1, 0.15) is 20.8 Å². The summed E-state index contributed by atoms with van der Waals surface area (Å²) in [7, 11) is -2.22. The van der Waals surface area contributed by atoms with Crippen molar-refractivity contribution in [1.82, 2.24) is 0 Å². The van der Waals surface area contributed by atoms with Crippen molar-refractivity contribution in [2.24, 2.45) is 0 Å². The van der Waals surface area contributed by atoms with Gasteiger partial charge in [-0.25, -0.2) is 4.21 Å². The van der Waals surface area contributed by atoms with Gasteiger partial charge in [-0.2, -0.15) is 0 Å². The quantitative estimate of drug-likeness (QED) is 0.562. The summed E-state index contributed by atoms with van der Waals surface area (Å²) in [5.41, 5.74) is 0. The van der Waals surface area contributed by atoms with E-state index in [0.29, 0.717) is 5.75 Å². The molecule has 0 aliphatic rings. The Bertz CT molecular complexity index is 156. The zero-order valence-corrected chi connectivity index (χ0v) is 7.03. The van der Waals surface area contributed by atoms with E-state index in [9.17, 15) is 4.21 Å². The topological polar surface area (TPSA) is 26.3 Å². The van der Waals surface area contributed by atoms with Gasteiger partial charge in [0.15, 0.2) is 0 Å². The highest BCUT2D eigenvalue weighted by molar-refractivity contribution is 7.95. The van der Waals surface area contributed by atoms with Crippen molar-refractivity contribution in [3.63, 3.8) is 0 Å².